The van der Waals surface area contributed by atoms with E-state index in [2.05, 4.69) is 0 Å². The number of hydrogen-bond acceptors (Lipinski definition) is 4. The zero-order valence-corrected chi connectivity index (χ0v) is 7.60. The molecule has 0 heterocycles. The number of halogens is 1. The molecule has 0 bridgehead atoms. The summed E-state index contributed by atoms with van der Waals surface area (Å²) in [6.45, 7) is 1.37. The summed E-state index contributed by atoms with van der Waals surface area (Å²) in [7, 11) is -4.76. The van der Waals surface area contributed by atoms with Crippen molar-refractivity contribution in [2.24, 2.45) is 0 Å². The molecule has 0 saturated heterocycles. The average molecular weight is 205 g/mol. The topological polar surface area (TPSA) is 80.4 Å². The highest BCUT2D eigenvalue weighted by atomic mass is 32.3. The van der Waals surface area contributed by atoms with Crippen LogP contribution in [0, 0.1) is 6.92 Å². The van der Waals surface area contributed by atoms with Crippen LogP contribution in [0.15, 0.2) is 17.0 Å². The third kappa shape index (κ3) is 1.89. The molecule has 0 aliphatic heterocycles. The number of benzene rings is 1. The molecular formula is C7H8FNO3S. The predicted molar refractivity (Wildman–Crippen MR) is 45.6 cm³/mol. The number of nitrogens with two attached hydrogens (primary N) is 1. The normalized spacial score (nSPS) is 11.5. The summed E-state index contributed by atoms with van der Waals surface area (Å²) in [4.78, 5) is -0.511. The number of rotatable bonds is 1. The Morgan fingerprint density at radius 3 is 2.46 bits per heavy atom. The first kappa shape index (κ1) is 9.79. The Morgan fingerprint density at radius 2 is 2.00 bits per heavy atom. The molecule has 0 spiro atoms. The summed E-state index contributed by atoms with van der Waals surface area (Å²) < 4.78 is 33.6. The molecule has 0 radical (unpaired) electrons. The summed E-state index contributed by atoms with van der Waals surface area (Å²) in [6, 6.07) is 1.99. The molecule has 0 amide bonds. The van der Waals surface area contributed by atoms with Crippen molar-refractivity contribution in [2.45, 2.75) is 11.8 Å². The second kappa shape index (κ2) is 2.88. The standard InChI is InChI=1S/C7H8FNO3S/c1-4-2-6(10)5(9)3-7(4)13(8,11)12/h2-3,10H,9H2,1H3. The molecule has 1 aromatic rings. The molecule has 3 N–H and O–H groups in total. The van der Waals surface area contributed by atoms with Crippen LogP contribution in [0.2, 0.25) is 0 Å². The van der Waals surface area contributed by atoms with Crippen LogP contribution in [0.5, 0.6) is 5.75 Å². The zero-order chi connectivity index (χ0) is 10.2. The van der Waals surface area contributed by atoms with Crippen molar-refractivity contribution in [3.63, 3.8) is 0 Å². The van der Waals surface area contributed by atoms with E-state index in [0.29, 0.717) is 0 Å². The Bertz CT molecular complexity index is 441. The van der Waals surface area contributed by atoms with Gasteiger partial charge in [-0.1, -0.05) is 0 Å². The van der Waals surface area contributed by atoms with Gasteiger partial charge in [0, 0.05) is 0 Å². The van der Waals surface area contributed by atoms with Gasteiger partial charge in [-0.25, -0.2) is 0 Å². The minimum absolute atomic E-state index is 0.120. The molecule has 6 heteroatoms. The first-order chi connectivity index (χ1) is 5.82. The van der Waals surface area contributed by atoms with Crippen LogP contribution in [0.1, 0.15) is 5.56 Å². The van der Waals surface area contributed by atoms with Crippen molar-refractivity contribution in [1.29, 1.82) is 0 Å². The summed E-state index contributed by atoms with van der Waals surface area (Å²) >= 11 is 0. The van der Waals surface area contributed by atoms with Crippen molar-refractivity contribution in [2.75, 3.05) is 5.73 Å². The fraction of sp³-hybridized carbons (Fsp3) is 0.143. The van der Waals surface area contributed by atoms with Crippen molar-refractivity contribution in [3.8, 4) is 5.75 Å². The first-order valence-corrected chi connectivity index (χ1v) is 4.74. The van der Waals surface area contributed by atoms with E-state index in [0.717, 1.165) is 12.1 Å². The van der Waals surface area contributed by atoms with E-state index in [1.807, 2.05) is 0 Å². The fourth-order valence-electron chi connectivity index (χ4n) is 0.951. The highest BCUT2D eigenvalue weighted by Gasteiger charge is 2.16. The number of aryl methyl sites for hydroxylation is 1. The number of phenols is 1. The zero-order valence-electron chi connectivity index (χ0n) is 6.78. The largest absolute Gasteiger partial charge is 0.506 e. The summed E-state index contributed by atoms with van der Waals surface area (Å²) in [5, 5.41) is 9.05. The number of nitrogen functional groups attached to an aromatic ring is 1. The lowest BCUT2D eigenvalue weighted by Crippen LogP contribution is -1.98. The molecular weight excluding hydrogens is 197 g/mol. The molecule has 72 valence electrons. The fourth-order valence-corrected chi connectivity index (χ4v) is 1.66. The van der Waals surface area contributed by atoms with Gasteiger partial charge in [0.1, 0.15) is 10.6 Å². The Labute approximate surface area is 75.0 Å². The minimum atomic E-state index is -4.76. The molecule has 4 nitrogen and oxygen atoms in total. The van der Waals surface area contributed by atoms with E-state index in [1.165, 1.54) is 6.92 Å². The van der Waals surface area contributed by atoms with Gasteiger partial charge in [-0.15, -0.1) is 3.89 Å². The van der Waals surface area contributed by atoms with E-state index >= 15 is 0 Å². The van der Waals surface area contributed by atoms with Gasteiger partial charge < -0.3 is 10.8 Å². The lowest BCUT2D eigenvalue weighted by Gasteiger charge is -2.04. The molecule has 13 heavy (non-hydrogen) atoms. The van der Waals surface area contributed by atoms with E-state index in [9.17, 15) is 12.3 Å². The van der Waals surface area contributed by atoms with Crippen molar-refractivity contribution in [1.82, 2.24) is 0 Å². The quantitative estimate of drug-likeness (QED) is 0.406. The minimum Gasteiger partial charge on any atom is -0.506 e. The summed E-state index contributed by atoms with van der Waals surface area (Å²) in [5.74, 6) is -0.259. The maximum absolute atomic E-state index is 12.5. The highest BCUT2D eigenvalue weighted by molar-refractivity contribution is 7.86. The third-order valence-electron chi connectivity index (χ3n) is 1.59. The molecule has 0 aromatic heterocycles. The van der Waals surface area contributed by atoms with Crippen LogP contribution >= 0.6 is 0 Å². The van der Waals surface area contributed by atoms with Gasteiger partial charge >= 0.3 is 10.2 Å². The Morgan fingerprint density at radius 1 is 1.46 bits per heavy atom. The van der Waals surface area contributed by atoms with E-state index < -0.39 is 15.1 Å². The molecule has 0 saturated carbocycles. The second-order valence-electron chi connectivity index (χ2n) is 2.61. The van der Waals surface area contributed by atoms with Gasteiger partial charge in [-0.2, -0.15) is 8.42 Å². The SMILES string of the molecule is Cc1cc(O)c(N)cc1S(=O)(=O)F. The third-order valence-corrected chi connectivity index (χ3v) is 2.55. The van der Waals surface area contributed by atoms with E-state index in [1.54, 1.807) is 0 Å². The maximum Gasteiger partial charge on any atom is 0.332 e. The van der Waals surface area contributed by atoms with Gasteiger partial charge in [-0.05, 0) is 24.6 Å². The Hall–Kier alpha value is -1.30. The summed E-state index contributed by atoms with van der Waals surface area (Å²) in [5.41, 5.74) is 5.16. The van der Waals surface area contributed by atoms with Gasteiger partial charge in [-0.3, -0.25) is 0 Å². The van der Waals surface area contributed by atoms with Crippen LogP contribution in [-0.2, 0) is 10.2 Å². The van der Waals surface area contributed by atoms with Crippen molar-refractivity contribution < 1.29 is 17.4 Å². The van der Waals surface area contributed by atoms with Crippen LogP contribution in [0.25, 0.3) is 0 Å². The van der Waals surface area contributed by atoms with Crippen LogP contribution < -0.4 is 5.73 Å². The van der Waals surface area contributed by atoms with E-state index in [-0.39, 0.29) is 17.0 Å². The first-order valence-electron chi connectivity index (χ1n) is 3.36. The maximum atomic E-state index is 12.5. The van der Waals surface area contributed by atoms with Gasteiger partial charge in [0.05, 0.1) is 5.69 Å². The number of phenolic OH excluding ortho intramolecular Hbond substituents is 1. The molecule has 0 aliphatic carbocycles. The smallest absolute Gasteiger partial charge is 0.332 e. The van der Waals surface area contributed by atoms with Crippen molar-refractivity contribution >= 4 is 15.9 Å². The molecule has 0 fully saturated rings. The van der Waals surface area contributed by atoms with Crippen LogP contribution in [0.3, 0.4) is 0 Å². The van der Waals surface area contributed by atoms with E-state index in [4.69, 9.17) is 10.8 Å². The van der Waals surface area contributed by atoms with Crippen LogP contribution in [0.4, 0.5) is 9.57 Å². The number of aromatic hydroxyl groups is 1. The summed E-state index contributed by atoms with van der Waals surface area (Å²) in [6.07, 6.45) is 0. The number of anilines is 1. The average Bonchev–Trinajstić information content (AvgIpc) is 1.94. The highest BCUT2D eigenvalue weighted by Crippen LogP contribution is 2.27. The lowest BCUT2D eigenvalue weighted by atomic mass is 10.2. The monoisotopic (exact) mass is 205 g/mol. The number of hydrogen-bond donors (Lipinski definition) is 2. The Kier molecular flexibility index (Phi) is 2.17. The Balaban J connectivity index is 3.50. The molecule has 0 atom stereocenters. The van der Waals surface area contributed by atoms with Gasteiger partial charge in [0.2, 0.25) is 0 Å². The lowest BCUT2D eigenvalue weighted by molar-refractivity contribution is 0.477. The molecule has 0 aliphatic rings. The molecule has 1 aromatic carbocycles. The van der Waals surface area contributed by atoms with Crippen LogP contribution in [-0.4, -0.2) is 13.5 Å². The molecule has 0 unspecified atom stereocenters. The van der Waals surface area contributed by atoms with Gasteiger partial charge in [0.15, 0.2) is 0 Å². The predicted octanol–water partition coefficient (Wildman–Crippen LogP) is 0.941. The van der Waals surface area contributed by atoms with Gasteiger partial charge in [0.25, 0.3) is 0 Å². The molecule has 1 rings (SSSR count). The van der Waals surface area contributed by atoms with Crippen molar-refractivity contribution in [3.05, 3.63) is 17.7 Å². The second-order valence-corrected chi connectivity index (χ2v) is 3.93.